The van der Waals surface area contributed by atoms with Crippen LogP contribution in [0.3, 0.4) is 0 Å². The molecule has 0 spiro atoms. The summed E-state index contributed by atoms with van der Waals surface area (Å²) in [6, 6.07) is 19.4. The molecule has 0 radical (unpaired) electrons. The van der Waals surface area contributed by atoms with Crippen LogP contribution in [0.4, 0.5) is 23.0 Å². The van der Waals surface area contributed by atoms with Crippen LogP contribution in [0.2, 0.25) is 0 Å². The lowest BCUT2D eigenvalue weighted by molar-refractivity contribution is 0.122. The second kappa shape index (κ2) is 9.55. The number of morpholine rings is 1. The Morgan fingerprint density at radius 1 is 0.972 bits per heavy atom. The molecule has 6 rings (SSSR count). The number of H-pyrrole nitrogens is 1. The Labute approximate surface area is 207 Å². The molecular formula is C27H25N7O2. The van der Waals surface area contributed by atoms with Gasteiger partial charge in [0, 0.05) is 60.4 Å². The summed E-state index contributed by atoms with van der Waals surface area (Å²) in [5.74, 6) is 1.44. The molecule has 1 aliphatic heterocycles. The average molecular weight is 480 g/mol. The minimum absolute atomic E-state index is 0.420. The van der Waals surface area contributed by atoms with Crippen molar-refractivity contribution in [2.45, 2.75) is 0 Å². The zero-order valence-corrected chi connectivity index (χ0v) is 19.5. The number of benzene rings is 2. The molecule has 2 aromatic carbocycles. The second-order valence-corrected chi connectivity index (χ2v) is 8.46. The molecule has 1 saturated heterocycles. The van der Waals surface area contributed by atoms with Crippen molar-refractivity contribution >= 4 is 34.0 Å². The number of hydrogen-bond donors (Lipinski definition) is 3. The predicted molar refractivity (Wildman–Crippen MR) is 141 cm³/mol. The fourth-order valence-electron chi connectivity index (χ4n) is 4.28. The van der Waals surface area contributed by atoms with Crippen molar-refractivity contribution in [1.82, 2.24) is 19.9 Å². The summed E-state index contributed by atoms with van der Waals surface area (Å²) in [6.45, 7) is 3.29. The molecule has 1 aliphatic rings. The van der Waals surface area contributed by atoms with Crippen molar-refractivity contribution in [3.63, 3.8) is 0 Å². The zero-order chi connectivity index (χ0) is 24.3. The van der Waals surface area contributed by atoms with Crippen molar-refractivity contribution in [1.29, 1.82) is 0 Å². The maximum atomic E-state index is 6.24. The van der Waals surface area contributed by atoms with E-state index >= 15 is 0 Å². The molecule has 0 unspecified atom stereocenters. The second-order valence-electron chi connectivity index (χ2n) is 8.46. The summed E-state index contributed by atoms with van der Waals surface area (Å²) >= 11 is 0. The van der Waals surface area contributed by atoms with Crippen molar-refractivity contribution in [2.24, 2.45) is 0 Å². The topological polar surface area (TPSA) is 114 Å². The van der Waals surface area contributed by atoms with Gasteiger partial charge in [-0.05, 0) is 54.1 Å². The smallest absolute Gasteiger partial charge is 0.234 e. The molecule has 0 atom stereocenters. The lowest BCUT2D eigenvalue weighted by Gasteiger charge is -2.28. The minimum atomic E-state index is 0.420. The molecule has 0 saturated carbocycles. The summed E-state index contributed by atoms with van der Waals surface area (Å²) < 4.78 is 11.7. The normalized spacial score (nSPS) is 13.6. The van der Waals surface area contributed by atoms with Gasteiger partial charge < -0.3 is 30.4 Å². The van der Waals surface area contributed by atoms with E-state index in [0.29, 0.717) is 28.9 Å². The van der Waals surface area contributed by atoms with Crippen molar-refractivity contribution in [3.8, 4) is 22.8 Å². The van der Waals surface area contributed by atoms with E-state index in [1.165, 1.54) is 0 Å². The predicted octanol–water partition coefficient (Wildman–Crippen LogP) is 4.97. The van der Waals surface area contributed by atoms with Crippen LogP contribution >= 0.6 is 0 Å². The van der Waals surface area contributed by atoms with Gasteiger partial charge in [-0.2, -0.15) is 9.97 Å². The summed E-state index contributed by atoms with van der Waals surface area (Å²) in [7, 11) is 0. The van der Waals surface area contributed by atoms with Crippen LogP contribution in [0, 0.1) is 0 Å². The highest BCUT2D eigenvalue weighted by Crippen LogP contribution is 2.37. The van der Waals surface area contributed by atoms with Crippen LogP contribution in [0.5, 0.6) is 11.6 Å². The standard InChI is InChI=1S/C27H25N7O2/c28-19-2-1-3-22(16-19)36-26-24-23(18-8-10-29-11-9-18)17-30-25(24)32-27(33-26)31-20-4-6-21(7-5-20)34-12-14-35-15-13-34/h1-11,16-17H,12-15,28H2,(H2,30,31,32,33). The van der Waals surface area contributed by atoms with Crippen LogP contribution in [-0.4, -0.2) is 46.2 Å². The number of hydrogen-bond acceptors (Lipinski definition) is 8. The Kier molecular flexibility index (Phi) is 5.80. The Morgan fingerprint density at radius 2 is 1.78 bits per heavy atom. The van der Waals surface area contributed by atoms with Gasteiger partial charge in [0.1, 0.15) is 11.4 Å². The third-order valence-electron chi connectivity index (χ3n) is 6.06. The van der Waals surface area contributed by atoms with Crippen LogP contribution in [0.15, 0.2) is 79.3 Å². The number of ether oxygens (including phenoxy) is 2. The number of fused-ring (bicyclic) bond motifs is 1. The first-order valence-corrected chi connectivity index (χ1v) is 11.8. The van der Waals surface area contributed by atoms with E-state index in [1.807, 2.05) is 48.7 Å². The maximum Gasteiger partial charge on any atom is 0.234 e. The van der Waals surface area contributed by atoms with Crippen LogP contribution < -0.4 is 20.7 Å². The van der Waals surface area contributed by atoms with Gasteiger partial charge in [0.15, 0.2) is 0 Å². The largest absolute Gasteiger partial charge is 0.438 e. The van der Waals surface area contributed by atoms with Crippen molar-refractivity contribution in [2.75, 3.05) is 42.3 Å². The highest BCUT2D eigenvalue weighted by molar-refractivity contribution is 5.98. The van der Waals surface area contributed by atoms with Crippen LogP contribution in [0.25, 0.3) is 22.2 Å². The molecule has 1 fully saturated rings. The fourth-order valence-corrected chi connectivity index (χ4v) is 4.28. The molecule has 4 heterocycles. The Balaban J connectivity index is 1.35. The molecular weight excluding hydrogens is 454 g/mol. The van der Waals surface area contributed by atoms with Gasteiger partial charge in [0.05, 0.1) is 18.6 Å². The molecule has 180 valence electrons. The van der Waals surface area contributed by atoms with Crippen LogP contribution in [-0.2, 0) is 4.74 Å². The average Bonchev–Trinajstić information content (AvgIpc) is 3.35. The first-order valence-electron chi connectivity index (χ1n) is 11.8. The Hall–Kier alpha value is -4.63. The molecule has 9 heteroatoms. The quantitative estimate of drug-likeness (QED) is 0.292. The summed E-state index contributed by atoms with van der Waals surface area (Å²) in [4.78, 5) is 19.2. The molecule has 0 aliphatic carbocycles. The summed E-state index contributed by atoms with van der Waals surface area (Å²) in [5.41, 5.74) is 11.2. The maximum absolute atomic E-state index is 6.24. The molecule has 3 aromatic heterocycles. The van der Waals surface area contributed by atoms with Crippen molar-refractivity contribution in [3.05, 3.63) is 79.3 Å². The van der Waals surface area contributed by atoms with Gasteiger partial charge in [-0.1, -0.05) is 6.07 Å². The van der Waals surface area contributed by atoms with Gasteiger partial charge >= 0.3 is 0 Å². The van der Waals surface area contributed by atoms with E-state index in [9.17, 15) is 0 Å². The fraction of sp³-hybridized carbons (Fsp3) is 0.148. The van der Waals surface area contributed by atoms with E-state index in [0.717, 1.165) is 54.2 Å². The molecule has 9 nitrogen and oxygen atoms in total. The van der Waals surface area contributed by atoms with Gasteiger partial charge in [0.2, 0.25) is 11.8 Å². The number of nitrogens with one attached hydrogen (secondary N) is 2. The van der Waals surface area contributed by atoms with Crippen molar-refractivity contribution < 1.29 is 9.47 Å². The molecule has 5 aromatic rings. The minimum Gasteiger partial charge on any atom is -0.438 e. The van der Waals surface area contributed by atoms with E-state index in [-0.39, 0.29) is 0 Å². The summed E-state index contributed by atoms with van der Waals surface area (Å²) in [6.07, 6.45) is 5.41. The van der Waals surface area contributed by atoms with Crippen LogP contribution in [0.1, 0.15) is 0 Å². The number of anilines is 4. The molecule has 0 bridgehead atoms. The SMILES string of the molecule is Nc1cccc(Oc2nc(Nc3ccc(N4CCOCC4)cc3)nc3[nH]cc(-c4ccncc4)c23)c1. The van der Waals surface area contributed by atoms with E-state index in [4.69, 9.17) is 25.2 Å². The monoisotopic (exact) mass is 479 g/mol. The van der Waals surface area contributed by atoms with Gasteiger partial charge in [-0.3, -0.25) is 4.98 Å². The lowest BCUT2D eigenvalue weighted by atomic mass is 10.1. The first-order chi connectivity index (χ1) is 17.7. The third kappa shape index (κ3) is 4.51. The number of rotatable bonds is 6. The first kappa shape index (κ1) is 21.9. The number of nitrogens with two attached hydrogens (primary N) is 1. The van der Waals surface area contributed by atoms with E-state index < -0.39 is 0 Å². The summed E-state index contributed by atoms with van der Waals surface area (Å²) in [5, 5.41) is 4.09. The molecule has 0 amide bonds. The highest BCUT2D eigenvalue weighted by Gasteiger charge is 2.18. The number of nitrogens with zero attached hydrogens (tertiary/aromatic N) is 4. The number of pyridine rings is 1. The Morgan fingerprint density at radius 3 is 2.56 bits per heavy atom. The lowest BCUT2D eigenvalue weighted by Crippen LogP contribution is -2.36. The van der Waals surface area contributed by atoms with E-state index in [1.54, 1.807) is 18.5 Å². The molecule has 36 heavy (non-hydrogen) atoms. The molecule has 4 N–H and O–H groups in total. The number of nitrogen functional groups attached to an aromatic ring is 1. The highest BCUT2D eigenvalue weighted by atomic mass is 16.5. The number of aromatic nitrogens is 4. The Bertz CT molecular complexity index is 1480. The third-order valence-corrected chi connectivity index (χ3v) is 6.06. The number of aromatic amines is 1. The van der Waals surface area contributed by atoms with Gasteiger partial charge in [-0.15, -0.1) is 0 Å². The van der Waals surface area contributed by atoms with Gasteiger partial charge in [-0.25, -0.2) is 0 Å². The van der Waals surface area contributed by atoms with E-state index in [2.05, 4.69) is 32.3 Å². The van der Waals surface area contributed by atoms with Gasteiger partial charge in [0.25, 0.3) is 0 Å². The zero-order valence-electron chi connectivity index (χ0n) is 19.5.